The van der Waals surface area contributed by atoms with Crippen molar-refractivity contribution in [3.8, 4) is 22.4 Å². The number of nitrogens with one attached hydrogen (secondary N) is 1. The molecule has 0 radical (unpaired) electrons. The third-order valence-corrected chi connectivity index (χ3v) is 6.96. The van der Waals surface area contributed by atoms with E-state index in [2.05, 4.69) is 22.1 Å². The highest BCUT2D eigenvalue weighted by Crippen LogP contribution is 2.40. The molecule has 33 heavy (non-hydrogen) atoms. The van der Waals surface area contributed by atoms with Gasteiger partial charge in [-0.25, -0.2) is 0 Å². The second-order valence-corrected chi connectivity index (χ2v) is 9.06. The van der Waals surface area contributed by atoms with Gasteiger partial charge in [-0.15, -0.1) is 0 Å². The maximum Gasteiger partial charge on any atom is 0.282 e. The molecule has 1 aliphatic rings. The van der Waals surface area contributed by atoms with Gasteiger partial charge in [0.2, 0.25) is 0 Å². The lowest BCUT2D eigenvalue weighted by atomic mass is 9.83. The van der Waals surface area contributed by atoms with E-state index in [1.165, 1.54) is 24.8 Å². The second-order valence-electron chi connectivity index (χ2n) is 9.06. The van der Waals surface area contributed by atoms with Gasteiger partial charge in [0.1, 0.15) is 5.65 Å². The van der Waals surface area contributed by atoms with Crippen molar-refractivity contribution in [1.82, 2.24) is 19.6 Å². The predicted molar refractivity (Wildman–Crippen MR) is 133 cm³/mol. The Balaban J connectivity index is 1.61. The fourth-order valence-electron chi connectivity index (χ4n) is 5.36. The van der Waals surface area contributed by atoms with Crippen molar-refractivity contribution in [3.63, 3.8) is 0 Å². The molecule has 0 bridgehead atoms. The molecule has 164 valence electrons. The molecule has 5 heteroatoms. The van der Waals surface area contributed by atoms with Crippen LogP contribution in [0.4, 0.5) is 0 Å². The number of hydrogen-bond acceptors (Lipinski definition) is 3. The smallest absolute Gasteiger partial charge is 0.282 e. The lowest BCUT2D eigenvalue weighted by Gasteiger charge is -2.22. The number of nitrogens with zero attached hydrogens (tertiary/aromatic N) is 3. The number of aryl methyl sites for hydroxylation is 1. The molecule has 6 rings (SSSR count). The molecule has 3 aromatic heterocycles. The van der Waals surface area contributed by atoms with Crippen LogP contribution in [0.25, 0.3) is 38.9 Å². The summed E-state index contributed by atoms with van der Waals surface area (Å²) in [7, 11) is 0. The molecule has 1 fully saturated rings. The van der Waals surface area contributed by atoms with Gasteiger partial charge in [0.05, 0.1) is 16.8 Å². The first kappa shape index (κ1) is 19.9. The minimum absolute atomic E-state index is 0.0799. The Morgan fingerprint density at radius 1 is 0.939 bits per heavy atom. The van der Waals surface area contributed by atoms with Crippen molar-refractivity contribution in [3.05, 3.63) is 88.5 Å². The average Bonchev–Trinajstić information content (AvgIpc) is 3.24. The summed E-state index contributed by atoms with van der Waals surface area (Å²) >= 11 is 0. The zero-order valence-corrected chi connectivity index (χ0v) is 18.7. The van der Waals surface area contributed by atoms with Crippen LogP contribution in [0.2, 0.25) is 0 Å². The van der Waals surface area contributed by atoms with Crippen LogP contribution in [0.5, 0.6) is 0 Å². The van der Waals surface area contributed by atoms with E-state index in [0.717, 1.165) is 51.9 Å². The molecule has 0 unspecified atom stereocenters. The molecule has 2 aromatic carbocycles. The van der Waals surface area contributed by atoms with E-state index in [1.807, 2.05) is 55.5 Å². The summed E-state index contributed by atoms with van der Waals surface area (Å²) in [4.78, 5) is 21.8. The Morgan fingerprint density at radius 3 is 2.58 bits per heavy atom. The summed E-state index contributed by atoms with van der Waals surface area (Å²) in [5.41, 5.74) is 7.26. The van der Waals surface area contributed by atoms with Crippen LogP contribution in [0, 0.1) is 6.92 Å². The quantitative estimate of drug-likeness (QED) is 0.364. The first-order valence-electron chi connectivity index (χ1n) is 11.8. The van der Waals surface area contributed by atoms with E-state index in [9.17, 15) is 4.79 Å². The van der Waals surface area contributed by atoms with Crippen molar-refractivity contribution in [2.45, 2.75) is 44.9 Å². The Hall–Kier alpha value is -3.73. The van der Waals surface area contributed by atoms with Crippen LogP contribution in [-0.4, -0.2) is 19.6 Å². The zero-order chi connectivity index (χ0) is 22.4. The number of aromatic nitrogens is 4. The highest BCUT2D eigenvalue weighted by molar-refractivity contribution is 5.85. The van der Waals surface area contributed by atoms with Crippen LogP contribution < -0.4 is 5.56 Å². The normalized spacial score (nSPS) is 14.8. The Kier molecular flexibility index (Phi) is 4.83. The monoisotopic (exact) mass is 434 g/mol. The molecular formula is C28H26N4O. The van der Waals surface area contributed by atoms with Crippen molar-refractivity contribution in [2.24, 2.45) is 0 Å². The van der Waals surface area contributed by atoms with Gasteiger partial charge in [0.15, 0.2) is 0 Å². The lowest BCUT2D eigenvalue weighted by molar-refractivity contribution is 0.445. The number of aromatic amines is 1. The summed E-state index contributed by atoms with van der Waals surface area (Å²) in [6, 6.07) is 20.2. The molecule has 0 amide bonds. The van der Waals surface area contributed by atoms with E-state index in [-0.39, 0.29) is 5.56 Å². The molecule has 1 saturated carbocycles. The molecule has 5 aromatic rings. The number of pyridine rings is 1. The fourth-order valence-corrected chi connectivity index (χ4v) is 5.36. The van der Waals surface area contributed by atoms with Crippen molar-refractivity contribution >= 4 is 16.6 Å². The summed E-state index contributed by atoms with van der Waals surface area (Å²) in [5.74, 6) is 0.416. The summed E-state index contributed by atoms with van der Waals surface area (Å²) in [5, 5.41) is 5.92. The number of hydrogen-bond donors (Lipinski definition) is 1. The molecule has 0 aliphatic heterocycles. The fraction of sp³-hybridized carbons (Fsp3) is 0.250. The van der Waals surface area contributed by atoms with Gasteiger partial charge in [-0.05, 0) is 49.4 Å². The van der Waals surface area contributed by atoms with Gasteiger partial charge >= 0.3 is 0 Å². The van der Waals surface area contributed by atoms with Gasteiger partial charge in [0, 0.05) is 28.4 Å². The minimum Gasteiger partial charge on any atom is -0.343 e. The summed E-state index contributed by atoms with van der Waals surface area (Å²) in [6.45, 7) is 1.99. The third kappa shape index (κ3) is 3.35. The molecule has 0 spiro atoms. The van der Waals surface area contributed by atoms with Crippen LogP contribution in [0.15, 0.2) is 71.7 Å². The van der Waals surface area contributed by atoms with Crippen LogP contribution >= 0.6 is 0 Å². The van der Waals surface area contributed by atoms with Crippen LogP contribution in [0.1, 0.15) is 49.3 Å². The van der Waals surface area contributed by atoms with Gasteiger partial charge in [-0.2, -0.15) is 9.61 Å². The number of rotatable bonds is 3. The lowest BCUT2D eigenvalue weighted by Crippen LogP contribution is -2.19. The number of H-pyrrole nitrogens is 1. The molecule has 3 heterocycles. The van der Waals surface area contributed by atoms with E-state index in [0.29, 0.717) is 11.5 Å². The molecule has 1 N–H and O–H groups in total. The zero-order valence-electron chi connectivity index (χ0n) is 18.7. The van der Waals surface area contributed by atoms with Crippen LogP contribution in [0.3, 0.4) is 0 Å². The standard InChI is InChI=1S/C28H26N4O/c1-18-24(22-14-15-23-21(17-22)13-8-16-29-23)28(33)32-27(30-18)25(19-9-4-2-5-10-19)26(31-32)20-11-6-3-7-12-20/h3,6-8,11-17,19,30H,2,4-5,9-10H2,1H3. The average molecular weight is 435 g/mol. The highest BCUT2D eigenvalue weighted by Gasteiger charge is 2.27. The highest BCUT2D eigenvalue weighted by atomic mass is 16.1. The summed E-state index contributed by atoms with van der Waals surface area (Å²) in [6.07, 6.45) is 7.80. The Bertz CT molecular complexity index is 1520. The van der Waals surface area contributed by atoms with Gasteiger partial charge in [0.25, 0.3) is 5.56 Å². The van der Waals surface area contributed by atoms with Gasteiger partial charge in [-0.1, -0.05) is 61.7 Å². The Morgan fingerprint density at radius 2 is 1.76 bits per heavy atom. The maximum atomic E-state index is 13.8. The maximum absolute atomic E-state index is 13.8. The molecule has 0 saturated heterocycles. The van der Waals surface area contributed by atoms with E-state index in [1.54, 1.807) is 10.7 Å². The summed E-state index contributed by atoms with van der Waals surface area (Å²) < 4.78 is 1.60. The van der Waals surface area contributed by atoms with E-state index < -0.39 is 0 Å². The number of fused-ring (bicyclic) bond motifs is 2. The van der Waals surface area contributed by atoms with Crippen molar-refractivity contribution in [2.75, 3.05) is 0 Å². The van der Waals surface area contributed by atoms with Crippen molar-refractivity contribution in [1.29, 1.82) is 0 Å². The number of benzene rings is 2. The van der Waals surface area contributed by atoms with Gasteiger partial charge in [-0.3, -0.25) is 9.78 Å². The van der Waals surface area contributed by atoms with Crippen molar-refractivity contribution < 1.29 is 0 Å². The molecular weight excluding hydrogens is 408 g/mol. The minimum atomic E-state index is -0.0799. The van der Waals surface area contributed by atoms with E-state index >= 15 is 0 Å². The first-order chi connectivity index (χ1) is 16.2. The second kappa shape index (κ2) is 8.00. The van der Waals surface area contributed by atoms with Crippen LogP contribution in [-0.2, 0) is 0 Å². The largest absolute Gasteiger partial charge is 0.343 e. The molecule has 5 nitrogen and oxygen atoms in total. The Labute approximate surface area is 192 Å². The SMILES string of the molecule is Cc1[nH]c2c(C3CCCCC3)c(-c3ccccc3)nn2c(=O)c1-c1ccc2ncccc2c1. The third-order valence-electron chi connectivity index (χ3n) is 6.96. The predicted octanol–water partition coefficient (Wildman–Crippen LogP) is 6.26. The molecule has 0 atom stereocenters. The van der Waals surface area contributed by atoms with Gasteiger partial charge < -0.3 is 4.98 Å². The first-order valence-corrected chi connectivity index (χ1v) is 11.8. The molecule has 1 aliphatic carbocycles. The topological polar surface area (TPSA) is 63.1 Å². The van der Waals surface area contributed by atoms with E-state index in [4.69, 9.17) is 5.10 Å².